The minimum absolute atomic E-state index is 0.108. The maximum absolute atomic E-state index is 12.7. The van der Waals surface area contributed by atoms with Gasteiger partial charge < -0.3 is 19.6 Å². The number of sulfonamides is 1. The summed E-state index contributed by atoms with van der Waals surface area (Å²) in [5, 5.41) is 14.0. The van der Waals surface area contributed by atoms with Gasteiger partial charge in [-0.05, 0) is 42.2 Å². The van der Waals surface area contributed by atoms with Crippen molar-refractivity contribution in [3.63, 3.8) is 0 Å². The van der Waals surface area contributed by atoms with E-state index in [1.807, 2.05) is 0 Å². The van der Waals surface area contributed by atoms with Crippen molar-refractivity contribution in [3.05, 3.63) is 71.5 Å². The van der Waals surface area contributed by atoms with E-state index in [1.165, 1.54) is 0 Å². The number of hydrogen-bond acceptors (Lipinski definition) is 9. The van der Waals surface area contributed by atoms with E-state index in [4.69, 9.17) is 9.15 Å². The molecule has 1 aliphatic heterocycles. The second-order valence-electron chi connectivity index (χ2n) is 8.88. The van der Waals surface area contributed by atoms with Crippen LogP contribution in [0.3, 0.4) is 0 Å². The first kappa shape index (κ1) is 27.6. The highest BCUT2D eigenvalue weighted by molar-refractivity contribution is 7.91. The fourth-order valence-electron chi connectivity index (χ4n) is 3.92. The number of guanidine groups is 1. The minimum atomic E-state index is -4.64. The number of nitrogens with zero attached hydrogens (tertiary/aromatic N) is 1. The lowest BCUT2D eigenvalue weighted by molar-refractivity contribution is -0.136. The molecule has 12 nitrogen and oxygen atoms in total. The molecule has 2 aromatic carbocycles. The number of furan rings is 1. The number of carboxylic acids is 1. The van der Waals surface area contributed by atoms with Crippen LogP contribution in [0.5, 0.6) is 0 Å². The third-order valence-electron chi connectivity index (χ3n) is 5.90. The maximum atomic E-state index is 12.7. The first-order valence-electron chi connectivity index (χ1n) is 12.2. The third kappa shape index (κ3) is 7.80. The molecule has 2 amide bonds. The van der Waals surface area contributed by atoms with Crippen molar-refractivity contribution in [2.24, 2.45) is 4.99 Å². The SMILES string of the molecule is O=C(CCc1ccc2oc(CC(C(=O)O)S(=O)(=O)NC(=O)OCc3ccccc3)cc2c1)NC1=NCCCN1. The molecule has 3 aromatic rings. The predicted molar refractivity (Wildman–Crippen MR) is 141 cm³/mol. The number of rotatable bonds is 10. The van der Waals surface area contributed by atoms with Gasteiger partial charge in [0.25, 0.3) is 10.0 Å². The summed E-state index contributed by atoms with van der Waals surface area (Å²) < 4.78 is 37.6. The van der Waals surface area contributed by atoms with Crippen LogP contribution in [0, 0.1) is 0 Å². The summed E-state index contributed by atoms with van der Waals surface area (Å²) in [7, 11) is -4.64. The van der Waals surface area contributed by atoms with Crippen molar-refractivity contribution in [1.82, 2.24) is 15.4 Å². The van der Waals surface area contributed by atoms with Crippen molar-refractivity contribution in [1.29, 1.82) is 0 Å². The molecule has 1 atom stereocenters. The number of aliphatic carboxylic acids is 1. The molecule has 0 radical (unpaired) electrons. The molecule has 0 aliphatic carbocycles. The van der Waals surface area contributed by atoms with E-state index in [-0.39, 0.29) is 24.7 Å². The second-order valence-corrected chi connectivity index (χ2v) is 10.7. The van der Waals surface area contributed by atoms with E-state index < -0.39 is 33.8 Å². The normalized spacial score (nSPS) is 14.1. The highest BCUT2D eigenvalue weighted by atomic mass is 32.2. The Labute approximate surface area is 224 Å². The summed E-state index contributed by atoms with van der Waals surface area (Å²) in [6.45, 7) is 1.25. The van der Waals surface area contributed by atoms with Crippen LogP contribution in [0.4, 0.5) is 4.79 Å². The minimum Gasteiger partial charge on any atom is -0.480 e. The summed E-state index contributed by atoms with van der Waals surface area (Å²) in [5.41, 5.74) is 1.90. The predicted octanol–water partition coefficient (Wildman–Crippen LogP) is 2.08. The first-order chi connectivity index (χ1) is 18.7. The lowest BCUT2D eigenvalue weighted by Crippen LogP contribution is -2.43. The van der Waals surface area contributed by atoms with Gasteiger partial charge in [0.05, 0.1) is 0 Å². The number of carbonyl (C=O) groups is 3. The van der Waals surface area contributed by atoms with Crippen molar-refractivity contribution in [2.75, 3.05) is 13.1 Å². The van der Waals surface area contributed by atoms with Crippen LogP contribution < -0.4 is 15.4 Å². The van der Waals surface area contributed by atoms with E-state index in [2.05, 4.69) is 15.6 Å². The van der Waals surface area contributed by atoms with Crippen LogP contribution in [0.15, 0.2) is 64.0 Å². The van der Waals surface area contributed by atoms with Crippen molar-refractivity contribution in [3.8, 4) is 0 Å². The van der Waals surface area contributed by atoms with Gasteiger partial charge in [-0.3, -0.25) is 19.9 Å². The fraction of sp³-hybridized carbons (Fsp3) is 0.308. The number of aliphatic imine (C=N–C) groups is 1. The molecular weight excluding hydrogens is 528 g/mol. The van der Waals surface area contributed by atoms with E-state index in [0.29, 0.717) is 35.5 Å². The van der Waals surface area contributed by atoms with E-state index in [0.717, 1.165) is 18.5 Å². The molecular formula is C26H28N4O8S. The Kier molecular flexibility index (Phi) is 8.81. The summed E-state index contributed by atoms with van der Waals surface area (Å²) >= 11 is 0. The summed E-state index contributed by atoms with van der Waals surface area (Å²) in [4.78, 5) is 40.3. The quantitative estimate of drug-likeness (QED) is 0.291. The van der Waals surface area contributed by atoms with Crippen molar-refractivity contribution in [2.45, 2.75) is 37.5 Å². The van der Waals surface area contributed by atoms with Crippen LogP contribution in [0.1, 0.15) is 29.7 Å². The van der Waals surface area contributed by atoms with Gasteiger partial charge in [-0.1, -0.05) is 36.4 Å². The molecule has 1 unspecified atom stereocenters. The van der Waals surface area contributed by atoms with Crippen LogP contribution in [-0.2, 0) is 43.8 Å². The van der Waals surface area contributed by atoms with Gasteiger partial charge in [0, 0.05) is 31.3 Å². The lowest BCUT2D eigenvalue weighted by Gasteiger charge is -2.14. The molecule has 0 spiro atoms. The molecule has 1 aliphatic rings. The summed E-state index contributed by atoms with van der Waals surface area (Å²) in [5.74, 6) is -1.25. The molecule has 0 saturated carbocycles. The molecule has 0 fully saturated rings. The van der Waals surface area contributed by atoms with E-state index in [9.17, 15) is 27.9 Å². The Balaban J connectivity index is 1.36. The molecule has 206 valence electrons. The van der Waals surface area contributed by atoms with Crippen LogP contribution in [-0.4, -0.2) is 55.8 Å². The van der Waals surface area contributed by atoms with Gasteiger partial charge in [0.2, 0.25) is 5.91 Å². The number of nitrogens with one attached hydrogen (secondary N) is 3. The molecule has 0 saturated heterocycles. The summed E-state index contributed by atoms with van der Waals surface area (Å²) in [6.07, 6.45) is -0.213. The molecule has 1 aromatic heterocycles. The average Bonchev–Trinajstić information content (AvgIpc) is 3.32. The number of hydrogen-bond donors (Lipinski definition) is 4. The Morgan fingerprint density at radius 3 is 2.62 bits per heavy atom. The monoisotopic (exact) mass is 556 g/mol. The molecule has 2 heterocycles. The fourth-order valence-corrected chi connectivity index (χ4v) is 5.01. The van der Waals surface area contributed by atoms with Crippen molar-refractivity contribution < 1.29 is 37.1 Å². The highest BCUT2D eigenvalue weighted by Gasteiger charge is 2.35. The molecule has 4 rings (SSSR count). The average molecular weight is 557 g/mol. The van der Waals surface area contributed by atoms with Crippen LogP contribution >= 0.6 is 0 Å². The zero-order valence-corrected chi connectivity index (χ0v) is 21.7. The third-order valence-corrected chi connectivity index (χ3v) is 7.47. The Morgan fingerprint density at radius 1 is 1.10 bits per heavy atom. The Hall–Kier alpha value is -4.39. The van der Waals surface area contributed by atoms with E-state index >= 15 is 0 Å². The number of fused-ring (bicyclic) bond motifs is 1. The van der Waals surface area contributed by atoms with Gasteiger partial charge in [-0.25, -0.2) is 17.9 Å². The number of carbonyl (C=O) groups excluding carboxylic acids is 2. The zero-order valence-electron chi connectivity index (χ0n) is 20.9. The maximum Gasteiger partial charge on any atom is 0.421 e. The molecule has 13 heteroatoms. The molecule has 39 heavy (non-hydrogen) atoms. The standard InChI is InChI=1S/C26H28N4O8S/c31-23(29-25-27-11-4-12-28-25)10-8-17-7-9-21-19(13-17)14-20(38-21)15-22(24(32)33)39(35,36)30-26(34)37-16-18-5-2-1-3-6-18/h1-3,5-7,9,13-14,22H,4,8,10-12,15-16H2,(H,30,34)(H,32,33)(H2,27,28,29,31). The molecule has 0 bridgehead atoms. The van der Waals surface area contributed by atoms with Gasteiger partial charge in [-0.2, -0.15) is 0 Å². The number of carboxylic acid groups (broad SMARTS) is 1. The largest absolute Gasteiger partial charge is 0.480 e. The number of aryl methyl sites for hydroxylation is 1. The first-order valence-corrected chi connectivity index (χ1v) is 13.8. The van der Waals surface area contributed by atoms with E-state index in [1.54, 1.807) is 59.3 Å². The molecule has 4 N–H and O–H groups in total. The lowest BCUT2D eigenvalue weighted by atomic mass is 10.1. The smallest absolute Gasteiger partial charge is 0.421 e. The number of amides is 2. The zero-order chi connectivity index (χ0) is 27.8. The van der Waals surface area contributed by atoms with Crippen molar-refractivity contribution >= 4 is 44.9 Å². The van der Waals surface area contributed by atoms with Gasteiger partial charge >= 0.3 is 12.1 Å². The van der Waals surface area contributed by atoms with Crippen LogP contribution in [0.25, 0.3) is 11.0 Å². The Morgan fingerprint density at radius 2 is 1.90 bits per heavy atom. The topological polar surface area (TPSA) is 176 Å². The highest BCUT2D eigenvalue weighted by Crippen LogP contribution is 2.23. The number of ether oxygens (including phenoxy) is 1. The van der Waals surface area contributed by atoms with Gasteiger partial charge in [0.15, 0.2) is 11.2 Å². The summed E-state index contributed by atoms with van der Waals surface area (Å²) in [6, 6.07) is 15.4. The Bertz CT molecular complexity index is 1480. The van der Waals surface area contributed by atoms with Gasteiger partial charge in [0.1, 0.15) is 18.0 Å². The number of benzene rings is 2. The second kappa shape index (κ2) is 12.4. The van der Waals surface area contributed by atoms with Crippen LogP contribution in [0.2, 0.25) is 0 Å². The van der Waals surface area contributed by atoms with Gasteiger partial charge in [-0.15, -0.1) is 0 Å².